The molecule has 5 heteroatoms. The molecule has 5 nitrogen and oxygen atoms in total. The van der Waals surface area contributed by atoms with Gasteiger partial charge in [-0.2, -0.15) is 0 Å². The van der Waals surface area contributed by atoms with Gasteiger partial charge in [-0.25, -0.2) is 4.79 Å². The van der Waals surface area contributed by atoms with Crippen LogP contribution in [0.4, 0.5) is 4.79 Å². The van der Waals surface area contributed by atoms with Crippen LogP contribution < -0.4 is 5.32 Å². The Kier molecular flexibility index (Phi) is 7.25. The lowest BCUT2D eigenvalue weighted by atomic mass is 10.2. The second-order valence-electron chi connectivity index (χ2n) is 4.99. The molecule has 0 radical (unpaired) electrons. The van der Waals surface area contributed by atoms with Crippen molar-refractivity contribution in [3.8, 4) is 0 Å². The van der Waals surface area contributed by atoms with Gasteiger partial charge in [0.15, 0.2) is 5.79 Å². The second kappa shape index (κ2) is 7.59. The van der Waals surface area contributed by atoms with Gasteiger partial charge in [-0.05, 0) is 34.6 Å². The van der Waals surface area contributed by atoms with Crippen molar-refractivity contribution in [3.63, 3.8) is 0 Å². The molecule has 18 heavy (non-hydrogen) atoms. The molecule has 0 bridgehead atoms. The lowest BCUT2D eigenvalue weighted by Gasteiger charge is -2.32. The van der Waals surface area contributed by atoms with Gasteiger partial charge in [0.25, 0.3) is 0 Å². The van der Waals surface area contributed by atoms with Crippen molar-refractivity contribution in [1.82, 2.24) is 5.32 Å². The Hall–Kier alpha value is -0.810. The molecule has 0 saturated carbocycles. The Morgan fingerprint density at radius 3 is 1.89 bits per heavy atom. The van der Waals surface area contributed by atoms with Gasteiger partial charge in [0.2, 0.25) is 0 Å². The molecule has 0 saturated heterocycles. The molecule has 0 heterocycles. The Morgan fingerprint density at radius 2 is 1.56 bits per heavy atom. The van der Waals surface area contributed by atoms with E-state index in [0.29, 0.717) is 19.6 Å². The number of ether oxygens (including phenoxy) is 3. The maximum Gasteiger partial charge on any atom is 0.407 e. The highest BCUT2D eigenvalue weighted by molar-refractivity contribution is 5.67. The summed E-state index contributed by atoms with van der Waals surface area (Å²) in [5.74, 6) is -0.763. The number of carbonyl (C=O) groups excluding carboxylic acids is 1. The molecule has 0 rings (SSSR count). The second-order valence-corrected chi connectivity index (χ2v) is 4.99. The maximum atomic E-state index is 11.6. The summed E-state index contributed by atoms with van der Waals surface area (Å²) in [6.45, 7) is 12.6. The first kappa shape index (κ1) is 17.2. The first-order valence-corrected chi connectivity index (χ1v) is 6.53. The normalized spacial score (nSPS) is 12.3. The van der Waals surface area contributed by atoms with Crippen LogP contribution in [-0.4, -0.2) is 37.2 Å². The lowest BCUT2D eigenvalue weighted by molar-refractivity contribution is -0.230. The van der Waals surface area contributed by atoms with Gasteiger partial charge in [0, 0.05) is 19.6 Å². The number of hydrogen-bond acceptors (Lipinski definition) is 4. The van der Waals surface area contributed by atoms with Crippen LogP contribution in [0.15, 0.2) is 0 Å². The van der Waals surface area contributed by atoms with Crippen LogP contribution in [-0.2, 0) is 14.2 Å². The molecule has 0 aromatic carbocycles. The summed E-state index contributed by atoms with van der Waals surface area (Å²) < 4.78 is 16.4. The van der Waals surface area contributed by atoms with Crippen molar-refractivity contribution in [2.75, 3.05) is 19.8 Å². The van der Waals surface area contributed by atoms with Gasteiger partial charge in [-0.1, -0.05) is 6.92 Å². The van der Waals surface area contributed by atoms with Crippen molar-refractivity contribution in [1.29, 1.82) is 0 Å². The summed E-state index contributed by atoms with van der Waals surface area (Å²) in [5.41, 5.74) is -0.504. The summed E-state index contributed by atoms with van der Waals surface area (Å²) in [6, 6.07) is 0. The van der Waals surface area contributed by atoms with Crippen LogP contribution in [0.2, 0.25) is 0 Å². The molecular formula is C13H27NO4. The van der Waals surface area contributed by atoms with E-state index in [1.807, 2.05) is 41.5 Å². The molecule has 0 fully saturated rings. The van der Waals surface area contributed by atoms with Crippen molar-refractivity contribution in [2.45, 2.75) is 59.4 Å². The molecule has 108 valence electrons. The summed E-state index contributed by atoms with van der Waals surface area (Å²) in [7, 11) is 0. The third-order valence-electron chi connectivity index (χ3n) is 2.25. The minimum atomic E-state index is -0.763. The third-order valence-corrected chi connectivity index (χ3v) is 2.25. The lowest BCUT2D eigenvalue weighted by Crippen LogP contribution is -2.48. The van der Waals surface area contributed by atoms with Gasteiger partial charge >= 0.3 is 6.09 Å². The average Bonchev–Trinajstić information content (AvgIpc) is 2.24. The summed E-state index contributed by atoms with van der Waals surface area (Å²) >= 11 is 0. The van der Waals surface area contributed by atoms with E-state index in [4.69, 9.17) is 14.2 Å². The molecule has 0 aliphatic carbocycles. The number of nitrogens with one attached hydrogen (secondary N) is 1. The van der Waals surface area contributed by atoms with Crippen molar-refractivity contribution in [3.05, 3.63) is 0 Å². The van der Waals surface area contributed by atoms with Crippen LogP contribution >= 0.6 is 0 Å². The minimum absolute atomic E-state index is 0.278. The van der Waals surface area contributed by atoms with Gasteiger partial charge < -0.3 is 19.5 Å². The SMILES string of the molecule is CCOC(CC)(CNC(=O)OC(C)(C)C)OCC. The van der Waals surface area contributed by atoms with Crippen molar-refractivity contribution >= 4 is 6.09 Å². The van der Waals surface area contributed by atoms with Gasteiger partial charge in [-0.15, -0.1) is 0 Å². The summed E-state index contributed by atoms with van der Waals surface area (Å²) in [5, 5.41) is 2.69. The molecule has 1 amide bonds. The largest absolute Gasteiger partial charge is 0.444 e. The highest BCUT2D eigenvalue weighted by Gasteiger charge is 2.30. The molecule has 0 unspecified atom stereocenters. The van der Waals surface area contributed by atoms with Gasteiger partial charge in [0.05, 0.1) is 6.54 Å². The molecule has 0 spiro atoms. The number of alkyl carbamates (subject to hydrolysis) is 1. The van der Waals surface area contributed by atoms with Crippen LogP contribution in [0.25, 0.3) is 0 Å². The predicted octanol–water partition coefficient (Wildman–Crippen LogP) is 2.69. The van der Waals surface area contributed by atoms with Gasteiger partial charge in [0.1, 0.15) is 5.60 Å². The number of rotatable bonds is 7. The third kappa shape index (κ3) is 6.81. The molecule has 1 N–H and O–H groups in total. The summed E-state index contributed by atoms with van der Waals surface area (Å²) in [6.07, 6.45) is 0.199. The van der Waals surface area contributed by atoms with E-state index in [2.05, 4.69) is 5.32 Å². The van der Waals surface area contributed by atoms with E-state index in [-0.39, 0.29) is 6.54 Å². The monoisotopic (exact) mass is 261 g/mol. The highest BCUT2D eigenvalue weighted by Crippen LogP contribution is 2.17. The molecular weight excluding hydrogens is 234 g/mol. The highest BCUT2D eigenvalue weighted by atomic mass is 16.7. The molecule has 0 aromatic heterocycles. The fourth-order valence-corrected chi connectivity index (χ4v) is 1.52. The van der Waals surface area contributed by atoms with Gasteiger partial charge in [-0.3, -0.25) is 0 Å². The first-order valence-electron chi connectivity index (χ1n) is 6.53. The Balaban J connectivity index is 4.37. The maximum absolute atomic E-state index is 11.6. The molecule has 0 aliphatic rings. The molecule has 0 aliphatic heterocycles. The number of carbonyl (C=O) groups is 1. The Labute approximate surface area is 110 Å². The Morgan fingerprint density at radius 1 is 1.06 bits per heavy atom. The van der Waals surface area contributed by atoms with Crippen molar-refractivity contribution in [2.24, 2.45) is 0 Å². The van der Waals surface area contributed by atoms with Crippen LogP contribution in [0.5, 0.6) is 0 Å². The topological polar surface area (TPSA) is 56.8 Å². The Bertz CT molecular complexity index is 242. The number of hydrogen-bond donors (Lipinski definition) is 1. The van der Waals surface area contributed by atoms with E-state index < -0.39 is 17.5 Å². The van der Waals surface area contributed by atoms with E-state index in [0.717, 1.165) is 0 Å². The minimum Gasteiger partial charge on any atom is -0.444 e. The van der Waals surface area contributed by atoms with E-state index in [1.165, 1.54) is 0 Å². The smallest absolute Gasteiger partial charge is 0.407 e. The summed E-state index contributed by atoms with van der Waals surface area (Å²) in [4.78, 5) is 11.6. The van der Waals surface area contributed by atoms with Crippen LogP contribution in [0.1, 0.15) is 48.0 Å². The average molecular weight is 261 g/mol. The van der Waals surface area contributed by atoms with E-state index >= 15 is 0 Å². The standard InChI is InChI=1S/C13H27NO4/c1-7-13(16-8-2,17-9-3)10-14-11(15)18-12(4,5)6/h7-10H2,1-6H3,(H,14,15). The quantitative estimate of drug-likeness (QED) is 0.716. The van der Waals surface area contributed by atoms with Crippen molar-refractivity contribution < 1.29 is 19.0 Å². The fraction of sp³-hybridized carbons (Fsp3) is 0.923. The van der Waals surface area contributed by atoms with E-state index in [9.17, 15) is 4.79 Å². The molecule has 0 atom stereocenters. The van der Waals surface area contributed by atoms with Crippen LogP contribution in [0.3, 0.4) is 0 Å². The van der Waals surface area contributed by atoms with E-state index in [1.54, 1.807) is 0 Å². The predicted molar refractivity (Wildman–Crippen MR) is 70.5 cm³/mol. The zero-order chi connectivity index (χ0) is 14.2. The zero-order valence-electron chi connectivity index (χ0n) is 12.5. The zero-order valence-corrected chi connectivity index (χ0v) is 12.5. The first-order chi connectivity index (χ1) is 8.28. The molecule has 0 aromatic rings. The van der Waals surface area contributed by atoms with Crippen LogP contribution in [0, 0.1) is 0 Å². The fourth-order valence-electron chi connectivity index (χ4n) is 1.52. The number of amides is 1.